The molecule has 2 N–H and O–H groups in total. The topological polar surface area (TPSA) is 53.6 Å². The van der Waals surface area contributed by atoms with Crippen LogP contribution in [0.3, 0.4) is 0 Å². The SMILES string of the molecule is CCCNC(c1ncn[nH]1)c1ccc(F)cc1F. The van der Waals surface area contributed by atoms with E-state index in [0.717, 1.165) is 12.5 Å². The van der Waals surface area contributed by atoms with E-state index in [1.165, 1.54) is 18.5 Å². The number of rotatable bonds is 5. The molecule has 0 aliphatic heterocycles. The molecule has 1 unspecified atom stereocenters. The smallest absolute Gasteiger partial charge is 0.146 e. The van der Waals surface area contributed by atoms with Gasteiger partial charge in [0.15, 0.2) is 0 Å². The normalized spacial score (nSPS) is 12.6. The zero-order valence-electron chi connectivity index (χ0n) is 9.95. The van der Waals surface area contributed by atoms with Crippen LogP contribution in [0.4, 0.5) is 8.78 Å². The standard InChI is InChI=1S/C12H14F2N4/c1-2-5-15-11(12-16-7-17-18-12)9-4-3-8(13)6-10(9)14/h3-4,6-7,11,15H,2,5H2,1H3,(H,16,17,18). The number of nitrogens with zero attached hydrogens (tertiary/aromatic N) is 2. The highest BCUT2D eigenvalue weighted by Gasteiger charge is 2.20. The first-order chi connectivity index (χ1) is 8.72. The van der Waals surface area contributed by atoms with Crippen LogP contribution in [0.25, 0.3) is 0 Å². The Kier molecular flexibility index (Phi) is 3.99. The molecule has 1 aromatic heterocycles. The van der Waals surface area contributed by atoms with Crippen LogP contribution in [-0.4, -0.2) is 21.7 Å². The lowest BCUT2D eigenvalue weighted by Gasteiger charge is -2.17. The van der Waals surface area contributed by atoms with Crippen LogP contribution >= 0.6 is 0 Å². The molecule has 2 aromatic rings. The molecule has 18 heavy (non-hydrogen) atoms. The minimum atomic E-state index is -0.597. The summed E-state index contributed by atoms with van der Waals surface area (Å²) in [6.07, 6.45) is 2.25. The molecule has 6 heteroatoms. The Morgan fingerprint density at radius 3 is 2.83 bits per heavy atom. The molecule has 0 fully saturated rings. The molecule has 0 radical (unpaired) electrons. The van der Waals surface area contributed by atoms with Gasteiger partial charge in [0.25, 0.3) is 0 Å². The largest absolute Gasteiger partial charge is 0.304 e. The van der Waals surface area contributed by atoms with Gasteiger partial charge < -0.3 is 5.32 Å². The molecule has 0 amide bonds. The van der Waals surface area contributed by atoms with Gasteiger partial charge >= 0.3 is 0 Å². The number of benzene rings is 1. The molecule has 0 saturated heterocycles. The molecule has 1 aromatic carbocycles. The van der Waals surface area contributed by atoms with Crippen molar-refractivity contribution in [2.24, 2.45) is 0 Å². The van der Waals surface area contributed by atoms with Crippen LogP contribution in [-0.2, 0) is 0 Å². The molecule has 4 nitrogen and oxygen atoms in total. The maximum absolute atomic E-state index is 13.8. The van der Waals surface area contributed by atoms with Crippen molar-refractivity contribution in [3.8, 4) is 0 Å². The van der Waals surface area contributed by atoms with Crippen LogP contribution in [0.15, 0.2) is 24.5 Å². The Labute approximate surface area is 103 Å². The second kappa shape index (κ2) is 5.68. The van der Waals surface area contributed by atoms with E-state index in [9.17, 15) is 8.78 Å². The minimum absolute atomic E-state index is 0.349. The van der Waals surface area contributed by atoms with Crippen molar-refractivity contribution < 1.29 is 8.78 Å². The fraction of sp³-hybridized carbons (Fsp3) is 0.333. The van der Waals surface area contributed by atoms with E-state index in [-0.39, 0.29) is 0 Å². The van der Waals surface area contributed by atoms with Crippen LogP contribution in [0.5, 0.6) is 0 Å². The predicted octanol–water partition coefficient (Wildman–Crippen LogP) is 2.17. The van der Waals surface area contributed by atoms with Crippen molar-refractivity contribution in [1.29, 1.82) is 0 Å². The molecule has 0 saturated carbocycles. The highest BCUT2D eigenvalue weighted by Crippen LogP contribution is 2.22. The van der Waals surface area contributed by atoms with Crippen molar-refractivity contribution in [2.45, 2.75) is 19.4 Å². The molecule has 1 atom stereocenters. The number of H-pyrrole nitrogens is 1. The second-order valence-electron chi connectivity index (χ2n) is 3.92. The lowest BCUT2D eigenvalue weighted by Crippen LogP contribution is -2.25. The Morgan fingerprint density at radius 2 is 2.22 bits per heavy atom. The summed E-state index contributed by atoms with van der Waals surface area (Å²) >= 11 is 0. The van der Waals surface area contributed by atoms with Gasteiger partial charge in [0.05, 0.1) is 6.04 Å². The molecule has 96 valence electrons. The summed E-state index contributed by atoms with van der Waals surface area (Å²) in [6, 6.07) is 3.07. The lowest BCUT2D eigenvalue weighted by atomic mass is 10.1. The highest BCUT2D eigenvalue weighted by atomic mass is 19.1. The van der Waals surface area contributed by atoms with Gasteiger partial charge in [-0.3, -0.25) is 5.10 Å². The van der Waals surface area contributed by atoms with Gasteiger partial charge in [0.2, 0.25) is 0 Å². The third-order valence-electron chi connectivity index (χ3n) is 2.58. The third-order valence-corrected chi connectivity index (χ3v) is 2.58. The summed E-state index contributed by atoms with van der Waals surface area (Å²) in [5.74, 6) is -0.683. The zero-order chi connectivity index (χ0) is 13.0. The van der Waals surface area contributed by atoms with Crippen molar-refractivity contribution in [3.63, 3.8) is 0 Å². The highest BCUT2D eigenvalue weighted by molar-refractivity contribution is 5.26. The average Bonchev–Trinajstić information content (AvgIpc) is 2.85. The number of hydrogen-bond acceptors (Lipinski definition) is 3. The molecule has 1 heterocycles. The summed E-state index contributed by atoms with van der Waals surface area (Å²) in [5.41, 5.74) is 0.349. The fourth-order valence-electron chi connectivity index (χ4n) is 1.73. The van der Waals surface area contributed by atoms with E-state index in [1.807, 2.05) is 6.92 Å². The summed E-state index contributed by atoms with van der Waals surface area (Å²) in [5, 5.41) is 9.61. The number of hydrogen-bond donors (Lipinski definition) is 2. The summed E-state index contributed by atoms with van der Waals surface area (Å²) in [7, 11) is 0. The molecular weight excluding hydrogens is 238 g/mol. The van der Waals surface area contributed by atoms with E-state index in [0.29, 0.717) is 17.9 Å². The van der Waals surface area contributed by atoms with Crippen LogP contribution in [0.1, 0.15) is 30.8 Å². The van der Waals surface area contributed by atoms with Crippen LogP contribution in [0.2, 0.25) is 0 Å². The van der Waals surface area contributed by atoms with Gasteiger partial charge in [-0.25, -0.2) is 13.8 Å². The van der Waals surface area contributed by atoms with Crippen molar-refractivity contribution in [1.82, 2.24) is 20.5 Å². The molecule has 0 bridgehead atoms. The number of nitrogens with one attached hydrogen (secondary N) is 2. The van der Waals surface area contributed by atoms with Gasteiger partial charge in [-0.15, -0.1) is 0 Å². The Hall–Kier alpha value is -1.82. The molecule has 0 aliphatic rings. The minimum Gasteiger partial charge on any atom is -0.304 e. The number of halogens is 2. The maximum Gasteiger partial charge on any atom is 0.146 e. The van der Waals surface area contributed by atoms with Crippen LogP contribution < -0.4 is 5.32 Å². The first-order valence-electron chi connectivity index (χ1n) is 5.76. The molecule has 0 aliphatic carbocycles. The monoisotopic (exact) mass is 252 g/mol. The second-order valence-corrected chi connectivity index (χ2v) is 3.92. The van der Waals surface area contributed by atoms with Gasteiger partial charge in [-0.1, -0.05) is 13.0 Å². The lowest BCUT2D eigenvalue weighted by molar-refractivity contribution is 0.521. The molecule has 2 rings (SSSR count). The zero-order valence-corrected chi connectivity index (χ0v) is 9.95. The van der Waals surface area contributed by atoms with Gasteiger partial charge in [0.1, 0.15) is 23.8 Å². The summed E-state index contributed by atoms with van der Waals surface area (Å²) in [6.45, 7) is 2.70. The number of aromatic nitrogens is 3. The third kappa shape index (κ3) is 2.70. The maximum atomic E-state index is 13.8. The Balaban J connectivity index is 2.33. The van der Waals surface area contributed by atoms with Crippen molar-refractivity contribution >= 4 is 0 Å². The molecular formula is C12H14F2N4. The summed E-state index contributed by atoms with van der Waals surface area (Å²) in [4.78, 5) is 4.02. The average molecular weight is 252 g/mol. The van der Waals surface area contributed by atoms with Gasteiger partial charge in [0, 0.05) is 11.6 Å². The van der Waals surface area contributed by atoms with E-state index in [4.69, 9.17) is 0 Å². The van der Waals surface area contributed by atoms with Gasteiger partial charge in [-0.2, -0.15) is 5.10 Å². The molecule has 0 spiro atoms. The van der Waals surface area contributed by atoms with E-state index >= 15 is 0 Å². The fourth-order valence-corrected chi connectivity index (χ4v) is 1.73. The predicted molar refractivity (Wildman–Crippen MR) is 62.9 cm³/mol. The Bertz CT molecular complexity index is 499. The van der Waals surface area contributed by atoms with Crippen LogP contribution in [0, 0.1) is 11.6 Å². The van der Waals surface area contributed by atoms with E-state index in [1.54, 1.807) is 0 Å². The quantitative estimate of drug-likeness (QED) is 0.857. The van der Waals surface area contributed by atoms with Gasteiger partial charge in [-0.05, 0) is 19.0 Å². The first-order valence-corrected chi connectivity index (χ1v) is 5.76. The Morgan fingerprint density at radius 1 is 1.39 bits per heavy atom. The van der Waals surface area contributed by atoms with E-state index in [2.05, 4.69) is 20.5 Å². The summed E-state index contributed by atoms with van der Waals surface area (Å²) < 4.78 is 26.7. The number of aromatic amines is 1. The first kappa shape index (κ1) is 12.6. The van der Waals surface area contributed by atoms with E-state index < -0.39 is 17.7 Å². The van der Waals surface area contributed by atoms with Crippen molar-refractivity contribution in [2.75, 3.05) is 6.54 Å². The van der Waals surface area contributed by atoms with Crippen molar-refractivity contribution in [3.05, 3.63) is 47.5 Å².